The fourth-order valence-corrected chi connectivity index (χ4v) is 2.35. The molecule has 150 valence electrons. The van der Waals surface area contributed by atoms with Crippen molar-refractivity contribution < 1.29 is 40.7 Å². The van der Waals surface area contributed by atoms with Crippen LogP contribution >= 0.6 is 11.6 Å². The van der Waals surface area contributed by atoms with Gasteiger partial charge in [0, 0.05) is 11.9 Å². The van der Waals surface area contributed by atoms with Crippen LogP contribution in [0.4, 0.5) is 32.0 Å². The number of benzene rings is 2. The van der Waals surface area contributed by atoms with Gasteiger partial charge in [-0.2, -0.15) is 26.3 Å². The van der Waals surface area contributed by atoms with Crippen molar-refractivity contribution in [3.63, 3.8) is 0 Å². The number of halogens is 7. The summed E-state index contributed by atoms with van der Waals surface area (Å²) in [5, 5.41) is 1.89. The molecule has 2 aromatic rings. The third-order valence-corrected chi connectivity index (χ3v) is 3.58. The maximum absolute atomic E-state index is 13.2. The quantitative estimate of drug-likeness (QED) is 0.398. The minimum absolute atomic E-state index is 0.0181. The highest BCUT2D eigenvalue weighted by molar-refractivity contribution is 6.31. The normalized spacial score (nSPS) is 11.9. The molecule has 4 nitrogen and oxygen atoms in total. The lowest BCUT2D eigenvalue weighted by Crippen LogP contribution is -2.19. The predicted molar refractivity (Wildman–Crippen MR) is 87.2 cm³/mol. The number of amides is 1. The molecular formula is C17H10ClF6NO3. The van der Waals surface area contributed by atoms with Crippen LogP contribution in [0, 0.1) is 0 Å². The monoisotopic (exact) mass is 425 g/mol. The maximum atomic E-state index is 13.2. The average Bonchev–Trinajstić information content (AvgIpc) is 2.54. The molecule has 0 unspecified atom stereocenters. The Balaban J connectivity index is 2.47. The zero-order chi connectivity index (χ0) is 21.3. The minimum atomic E-state index is -5.17. The summed E-state index contributed by atoms with van der Waals surface area (Å²) < 4.78 is 82.5. The molecule has 0 bridgehead atoms. The molecule has 0 heterocycles. The second kappa shape index (κ2) is 7.70. The molecule has 0 saturated heterocycles. The van der Waals surface area contributed by atoms with E-state index in [4.69, 9.17) is 16.3 Å². The highest BCUT2D eigenvalue weighted by atomic mass is 35.5. The third-order valence-electron chi connectivity index (χ3n) is 3.34. The number of nitrogens with one attached hydrogen (secondary N) is 1. The number of esters is 1. The van der Waals surface area contributed by atoms with Crippen LogP contribution in [0.3, 0.4) is 0 Å². The summed E-state index contributed by atoms with van der Waals surface area (Å²) in [6, 6.07) is 4.23. The first-order chi connectivity index (χ1) is 12.8. The van der Waals surface area contributed by atoms with Crippen molar-refractivity contribution in [1.29, 1.82) is 0 Å². The van der Waals surface area contributed by atoms with Crippen LogP contribution in [0.5, 0.6) is 5.75 Å². The van der Waals surface area contributed by atoms with Crippen molar-refractivity contribution >= 4 is 29.2 Å². The van der Waals surface area contributed by atoms with Crippen molar-refractivity contribution in [1.82, 2.24) is 0 Å². The van der Waals surface area contributed by atoms with Gasteiger partial charge in [0.2, 0.25) is 0 Å². The van der Waals surface area contributed by atoms with Gasteiger partial charge in [0.1, 0.15) is 5.75 Å². The molecule has 1 amide bonds. The zero-order valence-electron chi connectivity index (χ0n) is 13.8. The molecule has 0 fully saturated rings. The van der Waals surface area contributed by atoms with Gasteiger partial charge in [-0.15, -0.1) is 0 Å². The van der Waals surface area contributed by atoms with Gasteiger partial charge in [0.05, 0.1) is 22.4 Å². The molecule has 0 aliphatic rings. The number of carbonyl (C=O) groups excluding carboxylic acids is 2. The van der Waals surface area contributed by atoms with Crippen LogP contribution in [-0.4, -0.2) is 11.9 Å². The molecule has 0 aliphatic carbocycles. The fraction of sp³-hybridized carbons (Fsp3) is 0.176. The highest BCUT2D eigenvalue weighted by Crippen LogP contribution is 2.39. The van der Waals surface area contributed by atoms with Gasteiger partial charge >= 0.3 is 18.3 Å². The molecule has 0 atom stereocenters. The van der Waals surface area contributed by atoms with Gasteiger partial charge in [-0.25, -0.2) is 0 Å². The van der Waals surface area contributed by atoms with E-state index in [1.165, 1.54) is 6.07 Å². The summed E-state index contributed by atoms with van der Waals surface area (Å²) in [6.45, 7) is 1.04. The van der Waals surface area contributed by atoms with E-state index in [-0.39, 0.29) is 22.4 Å². The Kier molecular flexibility index (Phi) is 5.93. The van der Waals surface area contributed by atoms with Crippen LogP contribution < -0.4 is 10.1 Å². The van der Waals surface area contributed by atoms with E-state index in [0.29, 0.717) is 12.1 Å². The molecule has 28 heavy (non-hydrogen) atoms. The van der Waals surface area contributed by atoms with E-state index in [0.717, 1.165) is 19.1 Å². The maximum Gasteiger partial charge on any atom is 0.418 e. The van der Waals surface area contributed by atoms with Gasteiger partial charge in [-0.05, 0) is 36.4 Å². The number of hydrogen-bond donors (Lipinski definition) is 1. The van der Waals surface area contributed by atoms with Crippen LogP contribution in [-0.2, 0) is 17.1 Å². The number of alkyl halides is 6. The first kappa shape index (κ1) is 21.5. The van der Waals surface area contributed by atoms with Crippen molar-refractivity contribution in [3.8, 4) is 5.75 Å². The summed E-state index contributed by atoms with van der Waals surface area (Å²) in [5.41, 5.74) is -4.50. The topological polar surface area (TPSA) is 55.4 Å². The van der Waals surface area contributed by atoms with E-state index >= 15 is 0 Å². The number of ether oxygens (including phenoxy) is 1. The first-order valence-electron chi connectivity index (χ1n) is 7.37. The number of hydrogen-bond acceptors (Lipinski definition) is 3. The molecule has 2 rings (SSSR count). The largest absolute Gasteiger partial charge is 0.426 e. The average molecular weight is 426 g/mol. The van der Waals surface area contributed by atoms with E-state index in [2.05, 4.69) is 0 Å². The summed E-state index contributed by atoms with van der Waals surface area (Å²) in [5.74, 6) is -2.25. The molecular weight excluding hydrogens is 416 g/mol. The molecule has 1 N–H and O–H groups in total. The Morgan fingerprint density at radius 3 is 2.14 bits per heavy atom. The summed E-state index contributed by atoms with van der Waals surface area (Å²) >= 11 is 5.75. The van der Waals surface area contributed by atoms with Gasteiger partial charge in [0.25, 0.3) is 5.91 Å². The Bertz CT molecular complexity index is 924. The van der Waals surface area contributed by atoms with Gasteiger partial charge < -0.3 is 10.1 Å². The van der Waals surface area contributed by atoms with E-state index in [1.54, 1.807) is 0 Å². The van der Waals surface area contributed by atoms with Crippen molar-refractivity contribution in [2.24, 2.45) is 0 Å². The molecule has 0 aromatic heterocycles. The zero-order valence-corrected chi connectivity index (χ0v) is 14.6. The third kappa shape index (κ3) is 5.16. The van der Waals surface area contributed by atoms with Crippen molar-refractivity contribution in [3.05, 3.63) is 58.1 Å². The molecule has 11 heteroatoms. The number of rotatable bonds is 3. The Labute approximate surface area is 159 Å². The predicted octanol–water partition coefficient (Wildman–Crippen LogP) is 5.56. The number of carbonyl (C=O) groups is 2. The van der Waals surface area contributed by atoms with E-state index in [9.17, 15) is 35.9 Å². The molecule has 0 aliphatic heterocycles. The smallest absolute Gasteiger partial charge is 0.418 e. The molecule has 0 radical (unpaired) electrons. The highest BCUT2D eigenvalue weighted by Gasteiger charge is 2.38. The number of anilines is 1. The van der Waals surface area contributed by atoms with Crippen LogP contribution in [0.25, 0.3) is 0 Å². The van der Waals surface area contributed by atoms with Gasteiger partial charge in [-0.1, -0.05) is 11.6 Å². The molecule has 0 saturated carbocycles. The lowest BCUT2D eigenvalue weighted by Gasteiger charge is -2.17. The van der Waals surface area contributed by atoms with Crippen molar-refractivity contribution in [2.45, 2.75) is 19.3 Å². The Morgan fingerprint density at radius 1 is 0.964 bits per heavy atom. The summed E-state index contributed by atoms with van der Waals surface area (Å²) in [4.78, 5) is 23.5. The van der Waals surface area contributed by atoms with Crippen LogP contribution in [0.1, 0.15) is 28.4 Å². The SMILES string of the molecule is CC(=O)Oc1ccc(Cl)cc1C(=O)Nc1ccc(C(F)(F)F)cc1C(F)(F)F. The molecule has 2 aromatic carbocycles. The standard InChI is InChI=1S/C17H10ClF6NO3/c1-8(26)28-14-5-3-10(18)7-11(14)15(27)25-13-4-2-9(16(19,20)21)6-12(13)17(22,23)24/h2-7H,1H3,(H,25,27). The second-order valence-corrected chi connectivity index (χ2v) is 5.88. The van der Waals surface area contributed by atoms with E-state index in [1.807, 2.05) is 5.32 Å². The van der Waals surface area contributed by atoms with Crippen molar-refractivity contribution in [2.75, 3.05) is 5.32 Å². The van der Waals surface area contributed by atoms with Crippen LogP contribution in [0.15, 0.2) is 36.4 Å². The first-order valence-corrected chi connectivity index (χ1v) is 7.74. The lowest BCUT2D eigenvalue weighted by atomic mass is 10.1. The minimum Gasteiger partial charge on any atom is -0.426 e. The fourth-order valence-electron chi connectivity index (χ4n) is 2.18. The Hall–Kier alpha value is -2.75. The summed E-state index contributed by atoms with van der Waals surface area (Å²) in [7, 11) is 0. The van der Waals surface area contributed by atoms with Gasteiger partial charge in [0.15, 0.2) is 0 Å². The van der Waals surface area contributed by atoms with E-state index < -0.39 is 41.0 Å². The Morgan fingerprint density at radius 2 is 1.61 bits per heavy atom. The second-order valence-electron chi connectivity index (χ2n) is 5.44. The summed E-state index contributed by atoms with van der Waals surface area (Å²) in [6.07, 6.45) is -10.2. The molecule has 0 spiro atoms. The van der Waals surface area contributed by atoms with Crippen LogP contribution in [0.2, 0.25) is 5.02 Å². The van der Waals surface area contributed by atoms with Gasteiger partial charge in [-0.3, -0.25) is 9.59 Å². The lowest BCUT2D eigenvalue weighted by molar-refractivity contribution is -0.142.